The number of carbonyl (C=O) groups excluding carboxylic acids is 3. The number of likely N-dealkylation sites (N-methyl/N-ethyl adjacent to an activating group) is 1. The van der Waals surface area contributed by atoms with Crippen LogP contribution in [0.15, 0.2) is 97.2 Å². The first-order valence-electron chi connectivity index (χ1n) is 23.0. The number of quaternary nitrogens is 1. The summed E-state index contributed by atoms with van der Waals surface area (Å²) in [5.74, 6) is -1.33. The van der Waals surface area contributed by atoms with Crippen molar-refractivity contribution in [2.24, 2.45) is 11.8 Å². The van der Waals surface area contributed by atoms with Gasteiger partial charge in [-0.2, -0.15) is 0 Å². The number of hydrogen-bond acceptors (Lipinski definition) is 10. The van der Waals surface area contributed by atoms with Crippen LogP contribution in [0.1, 0.15) is 129 Å². The van der Waals surface area contributed by atoms with Crippen molar-refractivity contribution in [1.82, 2.24) is 0 Å². The van der Waals surface area contributed by atoms with E-state index in [4.69, 9.17) is 18.5 Å². The zero-order valence-corrected chi connectivity index (χ0v) is 39.5. The third kappa shape index (κ3) is 33.2. The van der Waals surface area contributed by atoms with E-state index in [1.165, 1.54) is 25.7 Å². The van der Waals surface area contributed by atoms with E-state index in [1.807, 2.05) is 57.6 Å². The summed E-state index contributed by atoms with van der Waals surface area (Å²) in [5, 5.41) is 10.2. The summed E-state index contributed by atoms with van der Waals surface area (Å²) < 4.78 is 33.8. The maximum Gasteiger partial charge on any atom is 0.306 e. The molecule has 0 fully saturated rings. The number of ketones is 1. The van der Waals surface area contributed by atoms with Gasteiger partial charge in [-0.1, -0.05) is 137 Å². The smallest absolute Gasteiger partial charge is 0.306 e. The van der Waals surface area contributed by atoms with Crippen molar-refractivity contribution in [3.8, 4) is 0 Å². The van der Waals surface area contributed by atoms with E-state index in [-0.39, 0.29) is 43.7 Å². The molecule has 0 radical (unpaired) electrons. The number of ether oxygens (including phenoxy) is 2. The van der Waals surface area contributed by atoms with Crippen molar-refractivity contribution < 1.29 is 52.0 Å². The molecule has 5 atom stereocenters. The van der Waals surface area contributed by atoms with Gasteiger partial charge in [-0.15, -0.1) is 0 Å². The fraction of sp³-hybridized carbons (Fsp3) is 0.620. The molecule has 62 heavy (non-hydrogen) atoms. The van der Waals surface area contributed by atoms with Gasteiger partial charge in [0, 0.05) is 18.8 Å². The second kappa shape index (κ2) is 36.0. The van der Waals surface area contributed by atoms with E-state index >= 15 is 0 Å². The Kier molecular flexibility index (Phi) is 32.8. The van der Waals surface area contributed by atoms with Gasteiger partial charge in [-0.25, -0.2) is 0 Å². The van der Waals surface area contributed by atoms with Crippen molar-refractivity contribution in [1.29, 1.82) is 0 Å². The molecule has 1 unspecified atom stereocenters. The molecule has 0 spiro atoms. The van der Waals surface area contributed by atoms with E-state index in [0.717, 1.165) is 44.9 Å². The lowest BCUT2D eigenvalue weighted by Crippen LogP contribution is -2.37. The second-order valence-electron chi connectivity index (χ2n) is 16.7. The number of hydrogen-bond donors (Lipinski definition) is 1. The minimum absolute atomic E-state index is 0.0175. The molecule has 12 heteroatoms. The fourth-order valence-corrected chi connectivity index (χ4v) is 6.83. The van der Waals surface area contributed by atoms with E-state index < -0.39 is 38.6 Å². The predicted octanol–water partition coefficient (Wildman–Crippen LogP) is 10.3. The first-order valence-corrected chi connectivity index (χ1v) is 24.5. The Morgan fingerprint density at radius 3 is 1.97 bits per heavy atom. The van der Waals surface area contributed by atoms with Crippen LogP contribution < -0.4 is 4.89 Å². The molecule has 0 heterocycles. The highest BCUT2D eigenvalue weighted by Gasteiger charge is 2.27. The number of phosphoric acid groups is 1. The molecule has 1 aliphatic carbocycles. The highest BCUT2D eigenvalue weighted by atomic mass is 31.2. The number of allylic oxidation sites excluding steroid dienone is 15. The standard InChI is InChI=1S/C50H80NO10P/c1-6-8-10-11-12-13-14-15-16-17-18-19-20-21-22-23-24-25-31-35-50(55)61-46(43-60-62(56,57)59-41-40-51(3,4)5)42-58-49(54)34-30-27-26-29-32-44-36-39-48(53)47(44)38-37-45(52)33-28-9-7-2/h12-13,15-16,18-19,21-22,24-26,29,36-39,44-47,52H,6-11,14,17,20,23,27-28,30-35,40-43H2,1-5H3/b13-12-,16-15-,19-18-,22-21-,25-24-,29-26-,38-37+/t44-,45-,46+,47+/m0/s1. The average Bonchev–Trinajstić information content (AvgIpc) is 3.57. The molecule has 0 saturated carbocycles. The molecule has 0 saturated heterocycles. The number of aliphatic hydroxyl groups is 1. The molecule has 0 aromatic rings. The van der Waals surface area contributed by atoms with Crippen molar-refractivity contribution in [2.45, 2.75) is 142 Å². The van der Waals surface area contributed by atoms with Crippen LogP contribution >= 0.6 is 7.82 Å². The third-order valence-corrected chi connectivity index (χ3v) is 10.8. The van der Waals surface area contributed by atoms with Gasteiger partial charge in [-0.05, 0) is 82.6 Å². The van der Waals surface area contributed by atoms with E-state index in [0.29, 0.717) is 43.1 Å². The molecular weight excluding hydrogens is 806 g/mol. The maximum atomic E-state index is 12.7. The van der Waals surface area contributed by atoms with Gasteiger partial charge in [0.25, 0.3) is 7.82 Å². The lowest BCUT2D eigenvalue weighted by Gasteiger charge is -2.28. The zero-order chi connectivity index (χ0) is 45.7. The maximum absolute atomic E-state index is 12.7. The Balaban J connectivity index is 2.51. The quantitative estimate of drug-likeness (QED) is 0.0210. The van der Waals surface area contributed by atoms with Crippen molar-refractivity contribution in [3.63, 3.8) is 0 Å². The van der Waals surface area contributed by atoms with Crippen LogP contribution in [0, 0.1) is 11.8 Å². The lowest BCUT2D eigenvalue weighted by molar-refractivity contribution is -0.870. The van der Waals surface area contributed by atoms with Gasteiger partial charge < -0.3 is 33.0 Å². The van der Waals surface area contributed by atoms with Crippen molar-refractivity contribution in [2.75, 3.05) is 47.5 Å². The topological polar surface area (TPSA) is 148 Å². The Labute approximate surface area is 374 Å². The van der Waals surface area contributed by atoms with Crippen LogP contribution in [0.4, 0.5) is 0 Å². The summed E-state index contributed by atoms with van der Waals surface area (Å²) in [7, 11) is 0.995. The Morgan fingerprint density at radius 2 is 1.34 bits per heavy atom. The van der Waals surface area contributed by atoms with Crippen LogP contribution in [0.2, 0.25) is 0 Å². The Morgan fingerprint density at radius 1 is 0.758 bits per heavy atom. The number of aliphatic hydroxyl groups excluding tert-OH is 1. The summed E-state index contributed by atoms with van der Waals surface area (Å²) in [4.78, 5) is 50.1. The number of rotatable bonds is 37. The molecule has 11 nitrogen and oxygen atoms in total. The summed E-state index contributed by atoms with van der Waals surface area (Å²) in [5.41, 5.74) is 0. The predicted molar refractivity (Wildman–Crippen MR) is 249 cm³/mol. The normalized spacial score (nSPS) is 18.2. The molecule has 1 aliphatic rings. The molecule has 0 bridgehead atoms. The SMILES string of the molecule is CCCCC/C=C\C/C=C\C/C=C\C/C=C\C/C=C\CCC(=O)O[C@H](COC(=O)CCC/C=C\C[C@H]1C=CC(=O)[C@@H]1/C=C/[C@@H](O)CCCCC)COP(=O)([O-])OCC[N+](C)(C)C. The summed E-state index contributed by atoms with van der Waals surface area (Å²) >= 11 is 0. The highest BCUT2D eigenvalue weighted by molar-refractivity contribution is 7.45. The molecular formula is C50H80NO10P. The average molecular weight is 886 g/mol. The van der Waals surface area contributed by atoms with Gasteiger partial charge >= 0.3 is 11.9 Å². The van der Waals surface area contributed by atoms with E-state index in [2.05, 4.69) is 62.5 Å². The fourth-order valence-electron chi connectivity index (χ4n) is 6.10. The van der Waals surface area contributed by atoms with Gasteiger partial charge in [0.2, 0.25) is 0 Å². The molecule has 0 amide bonds. The number of esters is 2. The Hall–Kier alpha value is -3.44. The molecule has 0 aliphatic heterocycles. The minimum atomic E-state index is -4.70. The molecule has 0 aromatic carbocycles. The van der Waals surface area contributed by atoms with Crippen LogP contribution in [0.5, 0.6) is 0 Å². The first-order chi connectivity index (χ1) is 29.8. The van der Waals surface area contributed by atoms with Crippen LogP contribution in [0.3, 0.4) is 0 Å². The largest absolute Gasteiger partial charge is 0.756 e. The van der Waals surface area contributed by atoms with Crippen LogP contribution in [-0.4, -0.2) is 87.0 Å². The molecule has 0 aromatic heterocycles. The van der Waals surface area contributed by atoms with Crippen LogP contribution in [0.25, 0.3) is 0 Å². The van der Waals surface area contributed by atoms with E-state index in [1.54, 1.807) is 12.2 Å². The summed E-state index contributed by atoms with van der Waals surface area (Å²) in [6.45, 7) is 3.76. The second-order valence-corrected chi connectivity index (χ2v) is 18.1. The minimum Gasteiger partial charge on any atom is -0.756 e. The third-order valence-electron chi connectivity index (χ3n) is 9.84. The lowest BCUT2D eigenvalue weighted by atomic mass is 9.90. The summed E-state index contributed by atoms with van der Waals surface area (Å²) in [6, 6.07) is 0. The monoisotopic (exact) mass is 886 g/mol. The first kappa shape index (κ1) is 56.6. The van der Waals surface area contributed by atoms with Gasteiger partial charge in [0.15, 0.2) is 11.9 Å². The number of carbonyl (C=O) groups is 3. The van der Waals surface area contributed by atoms with Crippen molar-refractivity contribution in [3.05, 3.63) is 97.2 Å². The van der Waals surface area contributed by atoms with Gasteiger partial charge in [-0.3, -0.25) is 18.9 Å². The summed E-state index contributed by atoms with van der Waals surface area (Å²) in [6.07, 6.45) is 45.1. The highest BCUT2D eigenvalue weighted by Crippen LogP contribution is 2.38. The van der Waals surface area contributed by atoms with Crippen molar-refractivity contribution >= 4 is 25.5 Å². The number of nitrogens with zero attached hydrogens (tertiary/aromatic N) is 1. The zero-order valence-electron chi connectivity index (χ0n) is 38.6. The molecule has 1 rings (SSSR count). The molecule has 1 N–H and O–H groups in total. The van der Waals surface area contributed by atoms with Crippen LogP contribution in [-0.2, 0) is 37.5 Å². The Bertz CT molecular complexity index is 1520. The molecule has 350 valence electrons. The number of phosphoric ester groups is 1. The van der Waals surface area contributed by atoms with Gasteiger partial charge in [0.1, 0.15) is 19.8 Å². The van der Waals surface area contributed by atoms with Gasteiger partial charge in [0.05, 0.1) is 33.9 Å². The van der Waals surface area contributed by atoms with E-state index in [9.17, 15) is 28.9 Å². The number of unbranched alkanes of at least 4 members (excludes halogenated alkanes) is 6.